The molecule has 5 nitrogen and oxygen atoms in total. The molecule has 1 N–H and O–H groups in total. The lowest BCUT2D eigenvalue weighted by Gasteiger charge is -2.05. The van der Waals surface area contributed by atoms with Gasteiger partial charge in [-0.1, -0.05) is 12.1 Å². The van der Waals surface area contributed by atoms with E-state index in [1.165, 1.54) is 18.9 Å². The molecule has 0 radical (unpaired) electrons. The van der Waals surface area contributed by atoms with E-state index in [4.69, 9.17) is 4.42 Å². The summed E-state index contributed by atoms with van der Waals surface area (Å²) in [5.41, 5.74) is 1.50. The third-order valence-electron chi connectivity index (χ3n) is 2.89. The van der Waals surface area contributed by atoms with E-state index in [1.807, 2.05) is 12.1 Å². The number of rotatable bonds is 7. The second-order valence-corrected chi connectivity index (χ2v) is 5.53. The molecule has 0 bridgehead atoms. The van der Waals surface area contributed by atoms with Crippen LogP contribution in [-0.2, 0) is 21.8 Å². The molecule has 0 saturated carbocycles. The van der Waals surface area contributed by atoms with Crippen LogP contribution in [0, 0.1) is 0 Å². The van der Waals surface area contributed by atoms with Gasteiger partial charge in [0.25, 0.3) is 0 Å². The zero-order valence-electron chi connectivity index (χ0n) is 12.2. The lowest BCUT2D eigenvalue weighted by molar-refractivity contribution is -0.118. The predicted molar refractivity (Wildman–Crippen MR) is 84.5 cm³/mol. The number of benzene rings is 1. The number of amides is 1. The lowest BCUT2D eigenvalue weighted by atomic mass is 10.1. The minimum Gasteiger partial charge on any atom is -0.467 e. The fraction of sp³-hybridized carbons (Fsp3) is 0.250. The normalized spacial score (nSPS) is 10.2. The molecule has 116 valence electrons. The smallest absolute Gasteiger partial charge is 0.337 e. The first-order chi connectivity index (χ1) is 10.7. The van der Waals surface area contributed by atoms with E-state index in [0.717, 1.165) is 11.3 Å². The minimum atomic E-state index is -0.358. The summed E-state index contributed by atoms with van der Waals surface area (Å²) in [6, 6.07) is 10.8. The number of methoxy groups -OCH3 is 1. The molecule has 0 spiro atoms. The van der Waals surface area contributed by atoms with Crippen molar-refractivity contribution >= 4 is 23.6 Å². The zero-order valence-corrected chi connectivity index (χ0v) is 13.0. The molecule has 0 aliphatic heterocycles. The Balaban J connectivity index is 1.73. The number of carbonyl (C=O) groups excluding carboxylic acids is 2. The Morgan fingerprint density at radius 1 is 1.27 bits per heavy atom. The van der Waals surface area contributed by atoms with Crippen LogP contribution in [0.15, 0.2) is 47.1 Å². The van der Waals surface area contributed by atoms with Crippen molar-refractivity contribution in [2.45, 2.75) is 12.3 Å². The van der Waals surface area contributed by atoms with Crippen LogP contribution < -0.4 is 5.32 Å². The summed E-state index contributed by atoms with van der Waals surface area (Å²) < 4.78 is 9.82. The minimum absolute atomic E-state index is 0.0504. The fourth-order valence-electron chi connectivity index (χ4n) is 1.82. The molecular formula is C16H17NO4S. The molecular weight excluding hydrogens is 302 g/mol. The van der Waals surface area contributed by atoms with Crippen molar-refractivity contribution in [2.24, 2.45) is 0 Å². The molecule has 0 atom stereocenters. The van der Waals surface area contributed by atoms with Crippen molar-refractivity contribution in [3.8, 4) is 0 Å². The number of furan rings is 1. The van der Waals surface area contributed by atoms with E-state index in [2.05, 4.69) is 10.1 Å². The molecule has 6 heteroatoms. The Kier molecular flexibility index (Phi) is 6.09. The summed E-state index contributed by atoms with van der Waals surface area (Å²) in [7, 11) is 1.35. The number of thioether (sulfide) groups is 1. The highest BCUT2D eigenvalue weighted by Crippen LogP contribution is 2.14. The van der Waals surface area contributed by atoms with E-state index in [-0.39, 0.29) is 11.9 Å². The number of ether oxygens (including phenoxy) is 1. The summed E-state index contributed by atoms with van der Waals surface area (Å²) in [5, 5.41) is 2.78. The van der Waals surface area contributed by atoms with Crippen LogP contribution in [0.2, 0.25) is 0 Å². The number of nitrogens with one attached hydrogen (secondary N) is 1. The molecule has 0 aliphatic carbocycles. The topological polar surface area (TPSA) is 68.5 Å². The van der Waals surface area contributed by atoms with E-state index in [9.17, 15) is 9.59 Å². The largest absolute Gasteiger partial charge is 0.467 e. The predicted octanol–water partition coefficient (Wildman–Crippen LogP) is 2.62. The maximum Gasteiger partial charge on any atom is 0.337 e. The van der Waals surface area contributed by atoms with E-state index in [1.54, 1.807) is 30.5 Å². The molecule has 0 saturated heterocycles. The van der Waals surface area contributed by atoms with Gasteiger partial charge >= 0.3 is 5.97 Å². The standard InChI is InChI=1S/C16H17NO4S/c1-20-16(19)13-5-2-4-12(8-13)10-22-11-15(18)17-9-14-6-3-7-21-14/h2-8H,9-11H2,1H3,(H,17,18). The number of hydrogen-bond acceptors (Lipinski definition) is 5. The van der Waals surface area contributed by atoms with Gasteiger partial charge in [-0.15, -0.1) is 11.8 Å². The SMILES string of the molecule is COC(=O)c1cccc(CSCC(=O)NCc2ccco2)c1. The molecule has 1 aromatic carbocycles. The zero-order chi connectivity index (χ0) is 15.8. The highest BCUT2D eigenvalue weighted by Gasteiger charge is 2.07. The Hall–Kier alpha value is -2.21. The van der Waals surface area contributed by atoms with Gasteiger partial charge in [0.1, 0.15) is 5.76 Å². The first-order valence-corrected chi connectivity index (χ1v) is 7.88. The number of esters is 1. The van der Waals surface area contributed by atoms with Gasteiger partial charge < -0.3 is 14.5 Å². The van der Waals surface area contributed by atoms with Crippen molar-refractivity contribution in [1.82, 2.24) is 5.32 Å². The van der Waals surface area contributed by atoms with Crippen LogP contribution in [-0.4, -0.2) is 24.7 Å². The molecule has 0 unspecified atom stereocenters. The van der Waals surface area contributed by atoms with Gasteiger partial charge in [-0.3, -0.25) is 4.79 Å². The summed E-state index contributed by atoms with van der Waals surface area (Å²) in [6.45, 7) is 0.393. The van der Waals surface area contributed by atoms with E-state index in [0.29, 0.717) is 23.6 Å². The van der Waals surface area contributed by atoms with Crippen LogP contribution in [0.5, 0.6) is 0 Å². The average Bonchev–Trinajstić information content (AvgIpc) is 3.06. The second kappa shape index (κ2) is 8.29. The summed E-state index contributed by atoms with van der Waals surface area (Å²) >= 11 is 1.48. The first kappa shape index (κ1) is 16.2. The molecule has 2 aromatic rings. The summed E-state index contributed by atoms with van der Waals surface area (Å²) in [4.78, 5) is 23.1. The monoisotopic (exact) mass is 319 g/mol. The van der Waals surface area contributed by atoms with Crippen LogP contribution in [0.25, 0.3) is 0 Å². The third kappa shape index (κ3) is 4.96. The maximum absolute atomic E-state index is 11.7. The Bertz CT molecular complexity index is 625. The average molecular weight is 319 g/mol. The Morgan fingerprint density at radius 2 is 2.14 bits per heavy atom. The van der Waals surface area contributed by atoms with Crippen LogP contribution >= 0.6 is 11.8 Å². The maximum atomic E-state index is 11.7. The van der Waals surface area contributed by atoms with Crippen LogP contribution in [0.3, 0.4) is 0 Å². The van der Waals surface area contributed by atoms with Gasteiger partial charge in [0.2, 0.25) is 5.91 Å². The first-order valence-electron chi connectivity index (χ1n) is 6.73. The van der Waals surface area contributed by atoms with Crippen LogP contribution in [0.4, 0.5) is 0 Å². The van der Waals surface area contributed by atoms with Crippen molar-refractivity contribution in [3.63, 3.8) is 0 Å². The molecule has 1 heterocycles. The third-order valence-corrected chi connectivity index (χ3v) is 3.89. The molecule has 2 rings (SSSR count). The van der Waals surface area contributed by atoms with Crippen LogP contribution in [0.1, 0.15) is 21.7 Å². The van der Waals surface area contributed by atoms with Crippen molar-refractivity contribution in [2.75, 3.05) is 12.9 Å². The van der Waals surface area contributed by atoms with Gasteiger partial charge in [0.15, 0.2) is 0 Å². The molecule has 1 amide bonds. The van der Waals surface area contributed by atoms with Gasteiger partial charge in [0, 0.05) is 5.75 Å². The number of carbonyl (C=O) groups is 2. The van der Waals surface area contributed by atoms with Gasteiger partial charge in [0.05, 0.1) is 31.2 Å². The Labute approximate surface area is 133 Å². The van der Waals surface area contributed by atoms with Crippen molar-refractivity contribution in [3.05, 3.63) is 59.5 Å². The second-order valence-electron chi connectivity index (χ2n) is 4.54. The van der Waals surface area contributed by atoms with E-state index >= 15 is 0 Å². The van der Waals surface area contributed by atoms with Crippen molar-refractivity contribution in [1.29, 1.82) is 0 Å². The van der Waals surface area contributed by atoms with E-state index < -0.39 is 0 Å². The summed E-state index contributed by atoms with van der Waals surface area (Å²) in [6.07, 6.45) is 1.57. The summed E-state index contributed by atoms with van der Waals surface area (Å²) in [5.74, 6) is 1.32. The Morgan fingerprint density at radius 3 is 2.86 bits per heavy atom. The molecule has 0 aliphatic rings. The molecule has 1 aromatic heterocycles. The highest BCUT2D eigenvalue weighted by atomic mass is 32.2. The molecule has 22 heavy (non-hydrogen) atoms. The fourth-order valence-corrected chi connectivity index (χ4v) is 2.62. The molecule has 0 fully saturated rings. The lowest BCUT2D eigenvalue weighted by Crippen LogP contribution is -2.24. The van der Waals surface area contributed by atoms with Gasteiger partial charge in [-0.2, -0.15) is 0 Å². The number of hydrogen-bond donors (Lipinski definition) is 1. The van der Waals surface area contributed by atoms with Gasteiger partial charge in [-0.25, -0.2) is 4.79 Å². The quantitative estimate of drug-likeness (QED) is 0.795. The van der Waals surface area contributed by atoms with Crippen molar-refractivity contribution < 1.29 is 18.7 Å². The van der Waals surface area contributed by atoms with Gasteiger partial charge in [-0.05, 0) is 29.8 Å². The highest BCUT2D eigenvalue weighted by molar-refractivity contribution is 7.99.